The van der Waals surface area contributed by atoms with Crippen molar-refractivity contribution in [2.75, 3.05) is 0 Å². The second kappa shape index (κ2) is 4.85. The maximum atomic E-state index is 13.2. The number of hydrogen-bond donors (Lipinski definition) is 2. The van der Waals surface area contributed by atoms with Crippen molar-refractivity contribution in [3.8, 4) is 0 Å². The lowest BCUT2D eigenvalue weighted by molar-refractivity contribution is -0.138. The Morgan fingerprint density at radius 3 is 2.11 bits per heavy atom. The van der Waals surface area contributed by atoms with Crippen molar-refractivity contribution in [3.63, 3.8) is 0 Å². The van der Waals surface area contributed by atoms with Crippen LogP contribution >= 0.6 is 0 Å². The number of hydrogen-bond acceptors (Lipinski definition) is 2. The van der Waals surface area contributed by atoms with Gasteiger partial charge in [0, 0.05) is 0 Å². The first kappa shape index (κ1) is 14.9. The van der Waals surface area contributed by atoms with Gasteiger partial charge in [-0.2, -0.15) is 13.2 Å². The molecule has 0 aliphatic heterocycles. The molecule has 0 aliphatic rings. The first-order valence-electron chi connectivity index (χ1n) is 5.40. The molecule has 0 saturated heterocycles. The average Bonchev–Trinajstić information content (AvgIpc) is 2.14. The van der Waals surface area contributed by atoms with E-state index in [2.05, 4.69) is 5.43 Å². The number of alkyl halides is 3. The summed E-state index contributed by atoms with van der Waals surface area (Å²) in [5, 5.41) is 0. The van der Waals surface area contributed by atoms with E-state index in [1.54, 1.807) is 20.8 Å². The van der Waals surface area contributed by atoms with Gasteiger partial charge in [-0.3, -0.25) is 11.3 Å². The molecule has 0 radical (unpaired) electrons. The zero-order chi connectivity index (χ0) is 14.1. The summed E-state index contributed by atoms with van der Waals surface area (Å²) in [6.07, 6.45) is -4.54. The Hall–Kier alpha value is -1.14. The lowest BCUT2D eigenvalue weighted by atomic mass is 9.81. The van der Waals surface area contributed by atoms with E-state index in [1.165, 1.54) is 0 Å². The lowest BCUT2D eigenvalue weighted by Crippen LogP contribution is -2.38. The van der Waals surface area contributed by atoms with Gasteiger partial charge in [0.05, 0.1) is 11.6 Å². The molecule has 0 spiro atoms. The fourth-order valence-corrected chi connectivity index (χ4v) is 1.84. The predicted molar refractivity (Wildman–Crippen MR) is 60.9 cm³/mol. The first-order chi connectivity index (χ1) is 8.07. The quantitative estimate of drug-likeness (QED) is 0.488. The molecular weight excluding hydrogens is 248 g/mol. The highest BCUT2D eigenvalue weighted by Gasteiger charge is 2.38. The van der Waals surface area contributed by atoms with E-state index in [4.69, 9.17) is 5.84 Å². The molecule has 0 fully saturated rings. The molecule has 0 aromatic heterocycles. The second-order valence-electron chi connectivity index (χ2n) is 5.20. The molecule has 0 heterocycles. The van der Waals surface area contributed by atoms with E-state index in [0.717, 1.165) is 18.2 Å². The third-order valence-corrected chi connectivity index (χ3v) is 2.66. The topological polar surface area (TPSA) is 38.0 Å². The third-order valence-electron chi connectivity index (χ3n) is 2.66. The molecule has 102 valence electrons. The minimum Gasteiger partial charge on any atom is -0.271 e. The molecule has 0 amide bonds. The second-order valence-corrected chi connectivity index (χ2v) is 5.20. The van der Waals surface area contributed by atoms with Crippen LogP contribution in [0.3, 0.4) is 0 Å². The fraction of sp³-hybridized carbons (Fsp3) is 0.500. The first-order valence-corrected chi connectivity index (χ1v) is 5.40. The summed E-state index contributed by atoms with van der Waals surface area (Å²) in [6.45, 7) is 5.17. The maximum absolute atomic E-state index is 13.2. The molecule has 2 nitrogen and oxygen atoms in total. The van der Waals surface area contributed by atoms with E-state index in [-0.39, 0.29) is 5.56 Å². The molecule has 1 rings (SSSR count). The number of rotatable bonds is 2. The maximum Gasteiger partial charge on any atom is 0.416 e. The van der Waals surface area contributed by atoms with Gasteiger partial charge in [-0.25, -0.2) is 4.39 Å². The third kappa shape index (κ3) is 3.20. The van der Waals surface area contributed by atoms with Crippen LogP contribution in [-0.2, 0) is 6.18 Å². The van der Waals surface area contributed by atoms with Gasteiger partial charge in [-0.05, 0) is 29.2 Å². The molecule has 18 heavy (non-hydrogen) atoms. The zero-order valence-corrected chi connectivity index (χ0v) is 10.4. The highest BCUT2D eigenvalue weighted by atomic mass is 19.4. The molecular formula is C12H16F4N2. The molecule has 1 aromatic rings. The fourth-order valence-electron chi connectivity index (χ4n) is 1.84. The van der Waals surface area contributed by atoms with E-state index < -0.39 is 29.0 Å². The summed E-state index contributed by atoms with van der Waals surface area (Å²) in [7, 11) is 0. The van der Waals surface area contributed by atoms with Crippen LogP contribution in [0.4, 0.5) is 17.6 Å². The smallest absolute Gasteiger partial charge is 0.271 e. The highest BCUT2D eigenvalue weighted by Crippen LogP contribution is 2.40. The highest BCUT2D eigenvalue weighted by molar-refractivity contribution is 5.34. The molecule has 6 heteroatoms. The SMILES string of the molecule is CC(C)(C)C(NN)c1cc(F)ccc1C(F)(F)F. The van der Waals surface area contributed by atoms with Gasteiger partial charge in [-0.1, -0.05) is 20.8 Å². The molecule has 1 unspecified atom stereocenters. The summed E-state index contributed by atoms with van der Waals surface area (Å²) in [5.41, 5.74) is 0.694. The predicted octanol–water partition coefficient (Wildman–Crippen LogP) is 3.40. The van der Waals surface area contributed by atoms with Crippen LogP contribution in [-0.4, -0.2) is 0 Å². The van der Waals surface area contributed by atoms with Crippen molar-refractivity contribution in [1.82, 2.24) is 5.43 Å². The minimum atomic E-state index is -4.54. The van der Waals surface area contributed by atoms with Crippen LogP contribution in [0.15, 0.2) is 18.2 Å². The van der Waals surface area contributed by atoms with Gasteiger partial charge >= 0.3 is 6.18 Å². The Bertz CT molecular complexity index is 421. The van der Waals surface area contributed by atoms with Gasteiger partial charge in [-0.15, -0.1) is 0 Å². The van der Waals surface area contributed by atoms with Crippen molar-refractivity contribution in [1.29, 1.82) is 0 Å². The van der Waals surface area contributed by atoms with Crippen molar-refractivity contribution in [2.24, 2.45) is 11.3 Å². The molecule has 0 aliphatic carbocycles. The van der Waals surface area contributed by atoms with Crippen LogP contribution in [0.2, 0.25) is 0 Å². The largest absolute Gasteiger partial charge is 0.416 e. The van der Waals surface area contributed by atoms with Crippen LogP contribution in [0.1, 0.15) is 37.9 Å². The Kier molecular flexibility index (Phi) is 4.02. The summed E-state index contributed by atoms with van der Waals surface area (Å²) >= 11 is 0. The van der Waals surface area contributed by atoms with E-state index >= 15 is 0 Å². The monoisotopic (exact) mass is 264 g/mol. The molecule has 3 N–H and O–H groups in total. The van der Waals surface area contributed by atoms with E-state index in [1.807, 2.05) is 0 Å². The number of halogens is 4. The Labute approximate surface area is 103 Å². The van der Waals surface area contributed by atoms with Gasteiger partial charge in [0.15, 0.2) is 0 Å². The number of nitrogens with two attached hydrogens (primary N) is 1. The molecule has 0 saturated carbocycles. The van der Waals surface area contributed by atoms with Crippen molar-refractivity contribution >= 4 is 0 Å². The minimum absolute atomic E-state index is 0.183. The zero-order valence-electron chi connectivity index (χ0n) is 10.4. The summed E-state index contributed by atoms with van der Waals surface area (Å²) < 4.78 is 51.8. The van der Waals surface area contributed by atoms with Gasteiger partial charge in [0.2, 0.25) is 0 Å². The normalized spacial score (nSPS) is 14.7. The average molecular weight is 264 g/mol. The number of hydrazine groups is 1. The summed E-state index contributed by atoms with van der Waals surface area (Å²) in [4.78, 5) is 0. The van der Waals surface area contributed by atoms with Crippen molar-refractivity contribution in [2.45, 2.75) is 33.0 Å². The molecule has 0 bridgehead atoms. The van der Waals surface area contributed by atoms with Crippen molar-refractivity contribution in [3.05, 3.63) is 35.1 Å². The standard InChI is InChI=1S/C12H16F4N2/c1-11(2,3)10(18-17)8-6-7(13)4-5-9(8)12(14,15)16/h4-6,10,18H,17H2,1-3H3. The van der Waals surface area contributed by atoms with Gasteiger partial charge in [0.25, 0.3) is 0 Å². The van der Waals surface area contributed by atoms with Crippen LogP contribution < -0.4 is 11.3 Å². The Morgan fingerprint density at radius 2 is 1.72 bits per heavy atom. The number of nitrogens with one attached hydrogen (secondary N) is 1. The van der Waals surface area contributed by atoms with Gasteiger partial charge in [0.1, 0.15) is 5.82 Å². The molecule has 1 atom stereocenters. The van der Waals surface area contributed by atoms with Crippen LogP contribution in [0.5, 0.6) is 0 Å². The lowest BCUT2D eigenvalue weighted by Gasteiger charge is -2.32. The van der Waals surface area contributed by atoms with Crippen LogP contribution in [0.25, 0.3) is 0 Å². The molecule has 1 aromatic carbocycles. The Morgan fingerprint density at radius 1 is 1.17 bits per heavy atom. The van der Waals surface area contributed by atoms with E-state index in [9.17, 15) is 17.6 Å². The van der Waals surface area contributed by atoms with Gasteiger partial charge < -0.3 is 0 Å². The van der Waals surface area contributed by atoms with Crippen LogP contribution in [0, 0.1) is 11.2 Å². The Balaban J connectivity index is 3.41. The number of benzene rings is 1. The van der Waals surface area contributed by atoms with E-state index in [0.29, 0.717) is 0 Å². The summed E-state index contributed by atoms with van der Waals surface area (Å²) in [6, 6.07) is 1.60. The van der Waals surface area contributed by atoms with Crippen molar-refractivity contribution < 1.29 is 17.6 Å². The summed E-state index contributed by atoms with van der Waals surface area (Å²) in [5.74, 6) is 4.59.